The Hall–Kier alpha value is -0.150. The molecule has 0 amide bonds. The highest BCUT2D eigenvalue weighted by molar-refractivity contribution is 7.48. The van der Waals surface area contributed by atoms with E-state index in [1.165, 1.54) is 0 Å². The van der Waals surface area contributed by atoms with Crippen LogP contribution in [0.5, 0.6) is 0 Å². The van der Waals surface area contributed by atoms with Crippen LogP contribution < -0.4 is 0 Å². The topological polar surface area (TPSA) is 44.8 Å². The van der Waals surface area contributed by atoms with Gasteiger partial charge < -0.3 is 0 Å². The van der Waals surface area contributed by atoms with Gasteiger partial charge in [0.15, 0.2) is 0 Å². The van der Waals surface area contributed by atoms with Crippen molar-refractivity contribution in [2.24, 2.45) is 0 Å². The van der Waals surface area contributed by atoms with Crippen molar-refractivity contribution in [3.63, 3.8) is 0 Å². The predicted molar refractivity (Wildman–Crippen MR) is 40.3 cm³/mol. The minimum atomic E-state index is -3.21. The molecule has 0 N–H and O–H groups in total. The highest BCUT2D eigenvalue weighted by Crippen LogP contribution is 2.54. The van der Waals surface area contributed by atoms with Gasteiger partial charge in [0.2, 0.25) is 0 Å². The third-order valence-corrected chi connectivity index (χ3v) is 2.78. The van der Waals surface area contributed by atoms with Crippen LogP contribution in [-0.2, 0) is 18.1 Å². The first kappa shape index (κ1) is 8.94. The first-order valence-corrected chi connectivity index (χ1v) is 4.86. The van der Waals surface area contributed by atoms with Crippen LogP contribution in [0.25, 0.3) is 0 Å². The molecule has 5 heteroatoms. The zero-order valence-corrected chi connectivity index (χ0v) is 7.25. The number of rotatable bonds is 3. The van der Waals surface area contributed by atoms with Gasteiger partial charge in [-0.2, -0.15) is 0 Å². The first-order chi connectivity index (χ1) is 5.20. The maximum absolute atomic E-state index is 11.3. The fourth-order valence-corrected chi connectivity index (χ4v) is 2.05. The lowest BCUT2D eigenvalue weighted by Crippen LogP contribution is -2.02. The number of phosphoric ester groups is 1. The molecule has 0 bridgehead atoms. The monoisotopic (exact) mass is 178 g/mol. The lowest BCUT2D eigenvalue weighted by atomic mass is 10.4. The van der Waals surface area contributed by atoms with Gasteiger partial charge in [0.1, 0.15) is 6.10 Å². The summed E-state index contributed by atoms with van der Waals surface area (Å²) in [7, 11) is -3.21. The van der Waals surface area contributed by atoms with E-state index in [1.54, 1.807) is 13.0 Å². The van der Waals surface area contributed by atoms with Gasteiger partial charge in [0.05, 0.1) is 13.2 Å². The minimum Gasteiger partial charge on any atom is -0.287 e. The van der Waals surface area contributed by atoms with E-state index in [9.17, 15) is 4.57 Å². The Kier molecular flexibility index (Phi) is 2.84. The molecule has 2 unspecified atom stereocenters. The van der Waals surface area contributed by atoms with Crippen molar-refractivity contribution >= 4 is 7.82 Å². The summed E-state index contributed by atoms with van der Waals surface area (Å²) in [4.78, 5) is 0. The van der Waals surface area contributed by atoms with E-state index in [2.05, 4.69) is 6.58 Å². The zero-order chi connectivity index (χ0) is 8.32. The lowest BCUT2D eigenvalue weighted by molar-refractivity contribution is 0.191. The maximum atomic E-state index is 11.3. The van der Waals surface area contributed by atoms with Crippen LogP contribution in [0.1, 0.15) is 6.92 Å². The predicted octanol–water partition coefficient (Wildman–Crippen LogP) is 1.73. The van der Waals surface area contributed by atoms with E-state index >= 15 is 0 Å². The fourth-order valence-electron chi connectivity index (χ4n) is 0.728. The highest BCUT2D eigenvalue weighted by atomic mass is 31.2. The molecule has 0 radical (unpaired) electrons. The molecule has 1 aliphatic heterocycles. The van der Waals surface area contributed by atoms with Gasteiger partial charge in [-0.25, -0.2) is 4.57 Å². The molecule has 0 aromatic carbocycles. The summed E-state index contributed by atoms with van der Waals surface area (Å²) in [5.74, 6) is 0. The van der Waals surface area contributed by atoms with Gasteiger partial charge in [-0.1, -0.05) is 6.08 Å². The third kappa shape index (κ3) is 2.14. The van der Waals surface area contributed by atoms with E-state index < -0.39 is 7.82 Å². The van der Waals surface area contributed by atoms with Gasteiger partial charge in [-0.15, -0.1) is 6.58 Å². The molecular weight excluding hydrogens is 167 g/mol. The smallest absolute Gasteiger partial charge is 0.287 e. The molecular formula is C6H11O4P. The molecule has 1 saturated heterocycles. The standard InChI is InChI=1S/C6H11O4P/c1-3-6-5-9-11(7,10-6)8-4-2/h3,6H,1,4-5H2,2H3. The van der Waals surface area contributed by atoms with E-state index in [0.717, 1.165) is 0 Å². The van der Waals surface area contributed by atoms with Gasteiger partial charge in [-0.3, -0.25) is 13.6 Å². The van der Waals surface area contributed by atoms with Crippen molar-refractivity contribution in [1.29, 1.82) is 0 Å². The molecule has 2 atom stereocenters. The third-order valence-electron chi connectivity index (χ3n) is 1.21. The van der Waals surface area contributed by atoms with Crippen molar-refractivity contribution in [2.45, 2.75) is 13.0 Å². The number of hydrogen-bond acceptors (Lipinski definition) is 4. The Labute approximate surface area is 65.8 Å². The van der Waals surface area contributed by atoms with Crippen molar-refractivity contribution in [3.8, 4) is 0 Å². The van der Waals surface area contributed by atoms with Crippen LogP contribution in [-0.4, -0.2) is 19.3 Å². The molecule has 11 heavy (non-hydrogen) atoms. The van der Waals surface area contributed by atoms with E-state index in [0.29, 0.717) is 6.61 Å². The summed E-state index contributed by atoms with van der Waals surface area (Å²) in [5.41, 5.74) is 0. The maximum Gasteiger partial charge on any atom is 0.475 e. The Morgan fingerprint density at radius 3 is 3.09 bits per heavy atom. The molecule has 0 spiro atoms. The molecule has 0 aromatic rings. The van der Waals surface area contributed by atoms with Crippen LogP contribution in [0.4, 0.5) is 0 Å². The largest absolute Gasteiger partial charge is 0.475 e. The summed E-state index contributed by atoms with van der Waals surface area (Å²) in [5, 5.41) is 0. The van der Waals surface area contributed by atoms with E-state index in [4.69, 9.17) is 13.6 Å². The molecule has 0 aliphatic carbocycles. The summed E-state index contributed by atoms with van der Waals surface area (Å²) in [6.45, 7) is 5.80. The number of hydrogen-bond donors (Lipinski definition) is 0. The summed E-state index contributed by atoms with van der Waals surface area (Å²) in [6.07, 6.45) is 1.24. The second kappa shape index (κ2) is 3.50. The van der Waals surface area contributed by atoms with Crippen LogP contribution in [0.3, 0.4) is 0 Å². The lowest BCUT2D eigenvalue weighted by Gasteiger charge is -2.07. The van der Waals surface area contributed by atoms with Crippen LogP contribution in [0.15, 0.2) is 12.7 Å². The van der Waals surface area contributed by atoms with Crippen molar-refractivity contribution in [3.05, 3.63) is 12.7 Å². The Bertz CT molecular complexity index is 191. The molecule has 0 saturated carbocycles. The van der Waals surface area contributed by atoms with Crippen molar-refractivity contribution < 1.29 is 18.1 Å². The summed E-state index contributed by atoms with van der Waals surface area (Å²) < 4.78 is 25.8. The van der Waals surface area contributed by atoms with Crippen LogP contribution >= 0.6 is 7.82 Å². The summed E-state index contributed by atoms with van der Waals surface area (Å²) >= 11 is 0. The SMILES string of the molecule is C=CC1COP(=O)(OCC)O1. The Morgan fingerprint density at radius 2 is 2.64 bits per heavy atom. The number of phosphoric acid groups is 1. The zero-order valence-electron chi connectivity index (χ0n) is 6.36. The van der Waals surface area contributed by atoms with Crippen LogP contribution in [0, 0.1) is 0 Å². The average Bonchev–Trinajstić information content (AvgIpc) is 2.33. The molecule has 1 aliphatic rings. The van der Waals surface area contributed by atoms with Gasteiger partial charge in [0.25, 0.3) is 0 Å². The molecule has 0 aromatic heterocycles. The van der Waals surface area contributed by atoms with Gasteiger partial charge in [0, 0.05) is 0 Å². The average molecular weight is 178 g/mol. The molecule has 1 rings (SSSR count). The molecule has 1 fully saturated rings. The Balaban J connectivity index is 2.50. The molecule has 4 nitrogen and oxygen atoms in total. The first-order valence-electron chi connectivity index (χ1n) is 3.40. The summed E-state index contributed by atoms with van der Waals surface area (Å²) in [6, 6.07) is 0. The highest BCUT2D eigenvalue weighted by Gasteiger charge is 2.36. The van der Waals surface area contributed by atoms with Gasteiger partial charge in [-0.05, 0) is 6.92 Å². The second-order valence-corrected chi connectivity index (χ2v) is 3.66. The van der Waals surface area contributed by atoms with E-state index in [1.807, 2.05) is 0 Å². The van der Waals surface area contributed by atoms with Crippen molar-refractivity contribution in [2.75, 3.05) is 13.2 Å². The Morgan fingerprint density at radius 1 is 1.91 bits per heavy atom. The molecule has 1 heterocycles. The minimum absolute atomic E-state index is 0.265. The second-order valence-electron chi connectivity index (χ2n) is 2.04. The normalized spacial score (nSPS) is 37.4. The van der Waals surface area contributed by atoms with Crippen molar-refractivity contribution in [1.82, 2.24) is 0 Å². The van der Waals surface area contributed by atoms with E-state index in [-0.39, 0.29) is 12.7 Å². The molecule has 64 valence electrons. The quantitative estimate of drug-likeness (QED) is 0.487. The van der Waals surface area contributed by atoms with Crippen LogP contribution in [0.2, 0.25) is 0 Å². The van der Waals surface area contributed by atoms with Gasteiger partial charge >= 0.3 is 7.82 Å². The fraction of sp³-hybridized carbons (Fsp3) is 0.667.